The molecule has 0 saturated carbocycles. The van der Waals surface area contributed by atoms with Crippen LogP contribution < -0.4 is 10.1 Å². The van der Waals surface area contributed by atoms with Gasteiger partial charge in [0, 0.05) is 35.8 Å². The van der Waals surface area contributed by atoms with Crippen molar-refractivity contribution in [2.24, 2.45) is 4.99 Å². The number of carbonyl (C=O) groups is 1. The van der Waals surface area contributed by atoms with Gasteiger partial charge in [-0.05, 0) is 91.3 Å². The molecule has 1 aliphatic rings. The largest absolute Gasteiger partial charge is 0.497 e. The lowest BCUT2D eigenvalue weighted by atomic mass is 9.84. The van der Waals surface area contributed by atoms with Gasteiger partial charge in [0.2, 0.25) is 15.9 Å². The van der Waals surface area contributed by atoms with Gasteiger partial charge in [0.25, 0.3) is 0 Å². The molecule has 5 rings (SSSR count). The lowest BCUT2D eigenvalue weighted by Crippen LogP contribution is -2.33. The van der Waals surface area contributed by atoms with Crippen molar-refractivity contribution >= 4 is 28.3 Å². The van der Waals surface area contributed by atoms with Gasteiger partial charge < -0.3 is 10.1 Å². The second-order valence-electron chi connectivity index (χ2n) is 10.6. The highest BCUT2D eigenvalue weighted by atomic mass is 32.2. The first-order chi connectivity index (χ1) is 21.5. The molecule has 4 aromatic carbocycles. The van der Waals surface area contributed by atoms with Gasteiger partial charge in [-0.2, -0.15) is 4.31 Å². The van der Waals surface area contributed by atoms with Crippen LogP contribution in [0.5, 0.6) is 5.75 Å². The highest BCUT2D eigenvalue weighted by molar-refractivity contribution is 7.89. The zero-order chi connectivity index (χ0) is 32.3. The molecule has 1 saturated heterocycles. The summed E-state index contributed by atoms with van der Waals surface area (Å²) < 4.78 is 89.7. The Morgan fingerprint density at radius 1 is 0.956 bits per heavy atom. The smallest absolute Gasteiger partial charge is 0.250 e. The van der Waals surface area contributed by atoms with Crippen molar-refractivity contribution < 1.29 is 35.5 Å². The lowest BCUT2D eigenvalue weighted by molar-refractivity contribution is -0.117. The number of rotatable bonds is 12. The summed E-state index contributed by atoms with van der Waals surface area (Å²) in [4.78, 5) is 17.7. The fourth-order valence-corrected chi connectivity index (χ4v) is 6.96. The molecule has 0 spiro atoms. The quantitative estimate of drug-likeness (QED) is 0.115. The van der Waals surface area contributed by atoms with Crippen LogP contribution >= 0.6 is 0 Å². The fourth-order valence-electron chi connectivity index (χ4n) is 5.34. The van der Waals surface area contributed by atoms with Crippen LogP contribution in [0.2, 0.25) is 0 Å². The van der Waals surface area contributed by atoms with E-state index in [4.69, 9.17) is 4.74 Å². The molecule has 7 nitrogen and oxygen atoms in total. The number of hydrogen-bond acceptors (Lipinski definition) is 5. The number of nitrogens with zero attached hydrogens (tertiary/aromatic N) is 2. The number of amides is 1. The molecule has 12 heteroatoms. The number of methoxy groups -OCH3 is 1. The molecule has 1 heterocycles. The Bertz CT molecular complexity index is 1800. The second-order valence-corrected chi connectivity index (χ2v) is 12.4. The van der Waals surface area contributed by atoms with E-state index in [0.717, 1.165) is 24.3 Å². The van der Waals surface area contributed by atoms with Gasteiger partial charge >= 0.3 is 0 Å². The fraction of sp³-hybridized carbons (Fsp3) is 0.212. The highest BCUT2D eigenvalue weighted by Gasteiger charge is 2.44. The summed E-state index contributed by atoms with van der Waals surface area (Å²) in [6, 6.07) is 16.3. The minimum Gasteiger partial charge on any atom is -0.497 e. The van der Waals surface area contributed by atoms with Crippen molar-refractivity contribution in [2.45, 2.75) is 35.7 Å². The predicted molar refractivity (Wildman–Crippen MR) is 162 cm³/mol. The minimum absolute atomic E-state index is 0.0676. The Labute approximate surface area is 258 Å². The number of hydrogen-bond donors (Lipinski definition) is 1. The third kappa shape index (κ3) is 7.07. The summed E-state index contributed by atoms with van der Waals surface area (Å²) in [5, 5.41) is 2.67. The molecule has 234 valence electrons. The van der Waals surface area contributed by atoms with E-state index in [1.807, 2.05) is 0 Å². The molecule has 4 atom stereocenters. The summed E-state index contributed by atoms with van der Waals surface area (Å²) in [6.45, 7) is 3.78. The molecule has 1 fully saturated rings. The summed E-state index contributed by atoms with van der Waals surface area (Å²) in [6.07, 6.45) is 0.382. The Morgan fingerprint density at radius 3 is 2.24 bits per heavy atom. The molecular weight excluding hydrogens is 610 g/mol. The van der Waals surface area contributed by atoms with Crippen LogP contribution in [-0.4, -0.2) is 51.1 Å². The molecule has 1 amide bonds. The number of carbonyl (C=O) groups excluding carboxylic acids is 1. The Kier molecular flexibility index (Phi) is 9.35. The van der Waals surface area contributed by atoms with Crippen molar-refractivity contribution in [1.82, 2.24) is 4.31 Å². The standard InChI is InChI=1S/C33H29F4N3O4S/c1-38-32(31(20-6-8-22(34)9-7-20)21-16-23(35)18-24(36)17-21)33(41)39-30-5-3-4-29(37)28(30)15-10-25-19-40(25)45(42,43)27-13-11-26(44-2)12-14-27/h3-9,11-14,16-18,25,31-32H,1,10,15,19H2,2H3,(H,39,41)/t25-,31-,32-,40?/m0/s1. The van der Waals surface area contributed by atoms with Gasteiger partial charge in [0.1, 0.15) is 35.1 Å². The molecule has 0 radical (unpaired) electrons. The first-order valence-electron chi connectivity index (χ1n) is 13.9. The third-order valence-corrected chi connectivity index (χ3v) is 9.62. The Morgan fingerprint density at radius 2 is 1.62 bits per heavy atom. The molecule has 0 aromatic heterocycles. The van der Waals surface area contributed by atoms with Crippen LogP contribution in [-0.2, 0) is 21.2 Å². The normalized spacial score (nSPS) is 17.3. The van der Waals surface area contributed by atoms with Gasteiger partial charge in [-0.15, -0.1) is 0 Å². The van der Waals surface area contributed by atoms with Crippen molar-refractivity contribution in [1.29, 1.82) is 0 Å². The van der Waals surface area contributed by atoms with Crippen LogP contribution in [0.15, 0.2) is 94.8 Å². The zero-order valence-electron chi connectivity index (χ0n) is 24.1. The van der Waals surface area contributed by atoms with Gasteiger partial charge in [0.05, 0.1) is 12.0 Å². The van der Waals surface area contributed by atoms with Gasteiger partial charge in [-0.25, -0.2) is 26.0 Å². The number of ether oxygens (including phenoxy) is 1. The van der Waals surface area contributed by atoms with E-state index < -0.39 is 51.2 Å². The number of anilines is 1. The van der Waals surface area contributed by atoms with Crippen molar-refractivity contribution in [2.75, 3.05) is 19.0 Å². The lowest BCUT2D eigenvalue weighted by Gasteiger charge is -2.25. The topological polar surface area (TPSA) is 87.8 Å². The van der Waals surface area contributed by atoms with Crippen molar-refractivity contribution in [3.63, 3.8) is 0 Å². The summed E-state index contributed by atoms with van der Waals surface area (Å²) in [5.74, 6) is -4.20. The Balaban J connectivity index is 1.35. The van der Waals surface area contributed by atoms with E-state index in [-0.39, 0.29) is 47.1 Å². The molecular formula is C33H29F4N3O4S. The minimum atomic E-state index is -3.75. The first kappa shape index (κ1) is 31.9. The van der Waals surface area contributed by atoms with E-state index in [9.17, 15) is 26.4 Å². The van der Waals surface area contributed by atoms with E-state index in [1.165, 1.54) is 53.9 Å². The zero-order valence-corrected chi connectivity index (χ0v) is 24.9. The maximum Gasteiger partial charge on any atom is 0.250 e. The highest BCUT2D eigenvalue weighted by Crippen LogP contribution is 2.35. The van der Waals surface area contributed by atoms with E-state index in [2.05, 4.69) is 17.0 Å². The molecule has 1 aliphatic heterocycles. The van der Waals surface area contributed by atoms with E-state index in [1.54, 1.807) is 12.1 Å². The summed E-state index contributed by atoms with van der Waals surface area (Å²) >= 11 is 0. The number of aliphatic imine (C=N–C) groups is 1. The number of halogens is 4. The number of sulfonamides is 1. The SMILES string of the molecule is C=N[C@H](C(=O)Nc1cccc(F)c1CC[C@H]1CN1S(=O)(=O)c1ccc(OC)cc1)[C@@H](c1ccc(F)cc1)c1cc(F)cc(F)c1. The third-order valence-electron chi connectivity index (χ3n) is 7.69. The van der Waals surface area contributed by atoms with Gasteiger partial charge in [0.15, 0.2) is 0 Å². The molecule has 4 aromatic rings. The van der Waals surface area contributed by atoms with Crippen LogP contribution in [0, 0.1) is 23.3 Å². The van der Waals surface area contributed by atoms with E-state index >= 15 is 4.39 Å². The molecule has 1 N–H and O–H groups in total. The average molecular weight is 640 g/mol. The molecule has 0 aliphatic carbocycles. The monoisotopic (exact) mass is 639 g/mol. The van der Waals surface area contributed by atoms with Crippen LogP contribution in [0.4, 0.5) is 23.2 Å². The Hall–Kier alpha value is -4.55. The van der Waals surface area contributed by atoms with Crippen LogP contribution in [0.3, 0.4) is 0 Å². The van der Waals surface area contributed by atoms with Crippen molar-refractivity contribution in [3.05, 3.63) is 125 Å². The molecule has 45 heavy (non-hydrogen) atoms. The molecule has 0 bridgehead atoms. The van der Waals surface area contributed by atoms with Crippen LogP contribution in [0.25, 0.3) is 0 Å². The summed E-state index contributed by atoms with van der Waals surface area (Å²) in [7, 11) is -2.27. The van der Waals surface area contributed by atoms with Crippen molar-refractivity contribution in [3.8, 4) is 5.75 Å². The maximum absolute atomic E-state index is 15.1. The van der Waals surface area contributed by atoms with Crippen LogP contribution in [0.1, 0.15) is 29.0 Å². The number of nitrogens with one attached hydrogen (secondary N) is 1. The number of benzene rings is 4. The van der Waals surface area contributed by atoms with E-state index in [0.29, 0.717) is 17.4 Å². The first-order valence-corrected chi connectivity index (χ1v) is 15.4. The maximum atomic E-state index is 15.1. The van der Waals surface area contributed by atoms with Gasteiger partial charge in [-0.3, -0.25) is 9.79 Å². The predicted octanol–water partition coefficient (Wildman–Crippen LogP) is 6.10. The summed E-state index contributed by atoms with van der Waals surface area (Å²) in [5.41, 5.74) is 0.693. The van der Waals surface area contributed by atoms with Gasteiger partial charge in [-0.1, -0.05) is 18.2 Å². The average Bonchev–Trinajstić information content (AvgIpc) is 3.80. The molecule has 1 unspecified atom stereocenters. The second kappa shape index (κ2) is 13.2.